The number of halogens is 3. The van der Waals surface area contributed by atoms with Crippen LogP contribution in [0.4, 0.5) is 13.2 Å². The lowest BCUT2D eigenvalue weighted by atomic mass is 10.2. The number of hydrogen-bond donors (Lipinski definition) is 1. The topological polar surface area (TPSA) is 50.8 Å². The van der Waals surface area contributed by atoms with E-state index in [1.807, 2.05) is 18.7 Å². The highest BCUT2D eigenvalue weighted by molar-refractivity contribution is 5.78. The molecule has 2 N–H and O–H groups in total. The van der Waals surface area contributed by atoms with Gasteiger partial charge in [0, 0.05) is 18.7 Å². The maximum absolute atomic E-state index is 12.3. The molecule has 1 rings (SSSR count). The van der Waals surface area contributed by atoms with E-state index in [4.69, 9.17) is 5.73 Å². The Kier molecular flexibility index (Phi) is 5.66. The Labute approximate surface area is 116 Å². The monoisotopic (exact) mass is 289 g/mol. The molecule has 1 aromatic carbocycles. The van der Waals surface area contributed by atoms with Gasteiger partial charge in [0.05, 0.1) is 6.54 Å². The molecular weight excluding hydrogens is 271 g/mol. The molecule has 0 radical (unpaired) electrons. The van der Waals surface area contributed by atoms with E-state index in [-0.39, 0.29) is 12.3 Å². The van der Waals surface area contributed by atoms with Crippen molar-refractivity contribution in [1.29, 1.82) is 0 Å². The molecule has 4 nitrogen and oxygen atoms in total. The van der Waals surface area contributed by atoms with Gasteiger partial charge in [-0.15, -0.1) is 13.2 Å². The number of rotatable bonds is 5. The summed E-state index contributed by atoms with van der Waals surface area (Å²) >= 11 is 0. The van der Waals surface area contributed by atoms with Crippen molar-refractivity contribution in [3.8, 4) is 5.75 Å². The molecular formula is C13H18F3N3O. The third-order valence-corrected chi connectivity index (χ3v) is 2.70. The normalized spacial score (nSPS) is 12.3. The first kappa shape index (κ1) is 16.1. The summed E-state index contributed by atoms with van der Waals surface area (Å²) in [6.45, 7) is 5.26. The van der Waals surface area contributed by atoms with Gasteiger partial charge in [0.1, 0.15) is 5.75 Å². The molecule has 7 heteroatoms. The van der Waals surface area contributed by atoms with Crippen molar-refractivity contribution < 1.29 is 17.9 Å². The first-order valence-corrected chi connectivity index (χ1v) is 6.25. The maximum atomic E-state index is 12.3. The smallest absolute Gasteiger partial charge is 0.405 e. The fraction of sp³-hybridized carbons (Fsp3) is 0.462. The predicted molar refractivity (Wildman–Crippen MR) is 71.4 cm³/mol. The van der Waals surface area contributed by atoms with Crippen LogP contribution in [-0.2, 0) is 6.54 Å². The summed E-state index contributed by atoms with van der Waals surface area (Å²) in [6, 6.07) is 5.88. The van der Waals surface area contributed by atoms with Crippen molar-refractivity contribution in [2.75, 3.05) is 13.1 Å². The molecule has 20 heavy (non-hydrogen) atoms. The number of alkyl halides is 3. The number of benzene rings is 1. The Morgan fingerprint density at radius 3 is 2.40 bits per heavy atom. The van der Waals surface area contributed by atoms with Crippen LogP contribution in [0.15, 0.2) is 29.3 Å². The average molecular weight is 289 g/mol. The molecule has 1 aromatic rings. The summed E-state index contributed by atoms with van der Waals surface area (Å²) in [5, 5.41) is 0. The highest BCUT2D eigenvalue weighted by Gasteiger charge is 2.31. The summed E-state index contributed by atoms with van der Waals surface area (Å²) in [6.07, 6.45) is -4.72. The molecule has 0 unspecified atom stereocenters. The molecule has 0 aliphatic carbocycles. The van der Waals surface area contributed by atoms with Crippen molar-refractivity contribution in [2.24, 2.45) is 10.7 Å². The van der Waals surface area contributed by atoms with E-state index < -0.39 is 6.36 Å². The molecule has 0 atom stereocenters. The zero-order valence-electron chi connectivity index (χ0n) is 11.4. The second-order valence-corrected chi connectivity index (χ2v) is 4.00. The van der Waals surface area contributed by atoms with Gasteiger partial charge in [0.25, 0.3) is 0 Å². The quantitative estimate of drug-likeness (QED) is 0.670. The number of aliphatic imine (C=N–C) groups is 1. The van der Waals surface area contributed by atoms with Gasteiger partial charge in [-0.05, 0) is 19.9 Å². The number of nitrogens with two attached hydrogens (primary N) is 1. The molecule has 0 aromatic heterocycles. The van der Waals surface area contributed by atoms with Crippen molar-refractivity contribution in [3.63, 3.8) is 0 Å². The van der Waals surface area contributed by atoms with Crippen LogP contribution in [-0.4, -0.2) is 30.3 Å². The van der Waals surface area contributed by atoms with Crippen LogP contribution in [0.3, 0.4) is 0 Å². The van der Waals surface area contributed by atoms with E-state index in [9.17, 15) is 13.2 Å². The minimum Gasteiger partial charge on any atom is -0.405 e. The lowest BCUT2D eigenvalue weighted by Gasteiger charge is -2.19. The Balaban J connectivity index is 2.85. The fourth-order valence-electron chi connectivity index (χ4n) is 1.67. The van der Waals surface area contributed by atoms with Crippen LogP contribution in [0.5, 0.6) is 5.75 Å². The van der Waals surface area contributed by atoms with Crippen LogP contribution in [0.25, 0.3) is 0 Å². The summed E-state index contributed by atoms with van der Waals surface area (Å²) in [5.41, 5.74) is 6.11. The molecule has 0 spiro atoms. The van der Waals surface area contributed by atoms with Crippen molar-refractivity contribution in [3.05, 3.63) is 29.8 Å². The second kappa shape index (κ2) is 7.02. The largest absolute Gasteiger partial charge is 0.573 e. The van der Waals surface area contributed by atoms with Gasteiger partial charge in [-0.2, -0.15) is 0 Å². The first-order valence-electron chi connectivity index (χ1n) is 6.25. The highest BCUT2D eigenvalue weighted by atomic mass is 19.4. The van der Waals surface area contributed by atoms with E-state index in [1.54, 1.807) is 6.07 Å². The van der Waals surface area contributed by atoms with E-state index in [2.05, 4.69) is 9.73 Å². The van der Waals surface area contributed by atoms with Crippen LogP contribution in [0, 0.1) is 0 Å². The molecule has 0 aliphatic rings. The second-order valence-electron chi connectivity index (χ2n) is 4.00. The van der Waals surface area contributed by atoms with Gasteiger partial charge < -0.3 is 15.4 Å². The molecule has 0 amide bonds. The Bertz CT molecular complexity index is 456. The van der Waals surface area contributed by atoms with E-state index in [0.29, 0.717) is 24.6 Å². The SMILES string of the molecule is CCN(CC)C(N)=NCc1ccccc1OC(F)(F)F. The Morgan fingerprint density at radius 1 is 1.25 bits per heavy atom. The van der Waals surface area contributed by atoms with Crippen molar-refractivity contribution >= 4 is 5.96 Å². The molecule has 0 fully saturated rings. The van der Waals surface area contributed by atoms with Gasteiger partial charge in [0.2, 0.25) is 0 Å². The number of nitrogens with zero attached hydrogens (tertiary/aromatic N) is 2. The molecule has 0 bridgehead atoms. The molecule has 112 valence electrons. The lowest BCUT2D eigenvalue weighted by Crippen LogP contribution is -2.37. The Hall–Kier alpha value is -1.92. The van der Waals surface area contributed by atoms with E-state index in [0.717, 1.165) is 0 Å². The zero-order chi connectivity index (χ0) is 15.2. The number of guanidine groups is 1. The number of ether oxygens (including phenoxy) is 1. The molecule has 0 heterocycles. The van der Waals surface area contributed by atoms with Gasteiger partial charge >= 0.3 is 6.36 Å². The average Bonchev–Trinajstić information content (AvgIpc) is 2.37. The zero-order valence-corrected chi connectivity index (χ0v) is 11.4. The number of hydrogen-bond acceptors (Lipinski definition) is 2. The maximum Gasteiger partial charge on any atom is 0.573 e. The summed E-state index contributed by atoms with van der Waals surface area (Å²) in [4.78, 5) is 5.91. The lowest BCUT2D eigenvalue weighted by molar-refractivity contribution is -0.274. The number of para-hydroxylation sites is 1. The summed E-state index contributed by atoms with van der Waals surface area (Å²) < 4.78 is 40.8. The van der Waals surface area contributed by atoms with Gasteiger partial charge in [-0.3, -0.25) is 0 Å². The van der Waals surface area contributed by atoms with Crippen LogP contribution < -0.4 is 10.5 Å². The fourth-order valence-corrected chi connectivity index (χ4v) is 1.67. The summed E-state index contributed by atoms with van der Waals surface area (Å²) in [5.74, 6) is 0.0490. The van der Waals surface area contributed by atoms with E-state index in [1.165, 1.54) is 18.2 Å². The van der Waals surface area contributed by atoms with Crippen molar-refractivity contribution in [1.82, 2.24) is 4.90 Å². The van der Waals surface area contributed by atoms with Crippen molar-refractivity contribution in [2.45, 2.75) is 26.8 Å². The minimum atomic E-state index is -4.72. The van der Waals surface area contributed by atoms with Gasteiger partial charge in [-0.1, -0.05) is 18.2 Å². The predicted octanol–water partition coefficient (Wildman–Crippen LogP) is 2.74. The van der Waals surface area contributed by atoms with Gasteiger partial charge in [-0.25, -0.2) is 4.99 Å². The Morgan fingerprint density at radius 2 is 1.85 bits per heavy atom. The molecule has 0 aliphatic heterocycles. The molecule has 0 saturated carbocycles. The van der Waals surface area contributed by atoms with Crippen LogP contribution >= 0.6 is 0 Å². The van der Waals surface area contributed by atoms with Gasteiger partial charge in [0.15, 0.2) is 5.96 Å². The standard InChI is InChI=1S/C13H18F3N3O/c1-3-19(4-2)12(17)18-9-10-7-5-6-8-11(10)20-13(14,15)16/h5-8H,3-4,9H2,1-2H3,(H2,17,18). The summed E-state index contributed by atoms with van der Waals surface area (Å²) in [7, 11) is 0. The first-order chi connectivity index (χ1) is 9.37. The third kappa shape index (κ3) is 4.99. The van der Waals surface area contributed by atoms with E-state index >= 15 is 0 Å². The van der Waals surface area contributed by atoms with Crippen LogP contribution in [0.1, 0.15) is 19.4 Å². The minimum absolute atomic E-state index is 0.0363. The highest BCUT2D eigenvalue weighted by Crippen LogP contribution is 2.26. The third-order valence-electron chi connectivity index (χ3n) is 2.70. The molecule has 0 saturated heterocycles. The van der Waals surface area contributed by atoms with Crippen LogP contribution in [0.2, 0.25) is 0 Å².